The molecule has 140 valence electrons. The van der Waals surface area contributed by atoms with Gasteiger partial charge in [0.05, 0.1) is 6.61 Å². The second-order valence-electron chi connectivity index (χ2n) is 6.02. The Morgan fingerprint density at radius 3 is 2.32 bits per heavy atom. The molecule has 0 aromatic heterocycles. The summed E-state index contributed by atoms with van der Waals surface area (Å²) in [7, 11) is 0. The molecule has 0 heterocycles. The number of alkyl carbamates (subject to hydrolysis) is 1. The van der Waals surface area contributed by atoms with Gasteiger partial charge in [0.1, 0.15) is 12.8 Å². The number of carbonyl (C=O) groups is 2. The van der Waals surface area contributed by atoms with Gasteiger partial charge in [-0.25, -0.2) is 9.59 Å². The number of hydrogen-bond donors (Lipinski definition) is 2. The zero-order chi connectivity index (χ0) is 18.9. The van der Waals surface area contributed by atoms with Gasteiger partial charge in [0, 0.05) is 12.0 Å². The fourth-order valence-electron chi connectivity index (χ4n) is 2.15. The number of carbonyl (C=O) groups excluding carboxylic acids is 2. The Morgan fingerprint density at radius 1 is 1.12 bits per heavy atom. The summed E-state index contributed by atoms with van der Waals surface area (Å²) < 4.78 is 15.5. The van der Waals surface area contributed by atoms with Gasteiger partial charge < -0.3 is 19.3 Å². The van der Waals surface area contributed by atoms with E-state index in [4.69, 9.17) is 14.2 Å². The van der Waals surface area contributed by atoms with E-state index in [0.717, 1.165) is 5.56 Å². The average molecular weight is 353 g/mol. The van der Waals surface area contributed by atoms with Crippen LogP contribution in [0, 0.1) is 5.41 Å². The van der Waals surface area contributed by atoms with Crippen LogP contribution in [0.5, 0.6) is 0 Å². The van der Waals surface area contributed by atoms with Gasteiger partial charge >= 0.3 is 12.1 Å². The lowest BCUT2D eigenvalue weighted by molar-refractivity contribution is -0.169. The normalized spacial score (nSPS) is 13.6. The Kier molecular flexibility index (Phi) is 8.37. The number of nitrogens with one attached hydrogen (secondary N) is 1. The van der Waals surface area contributed by atoms with Crippen molar-refractivity contribution < 1.29 is 28.9 Å². The Bertz CT molecular complexity index is 546. The van der Waals surface area contributed by atoms with Crippen molar-refractivity contribution in [2.75, 3.05) is 13.2 Å². The van der Waals surface area contributed by atoms with Crippen molar-refractivity contribution in [3.05, 3.63) is 35.9 Å². The monoisotopic (exact) mass is 353 g/mol. The number of hydrogen-bond acceptors (Lipinski definition) is 6. The summed E-state index contributed by atoms with van der Waals surface area (Å²) in [6, 6.07) is 9.23. The molecule has 1 amide bonds. The molecule has 0 radical (unpaired) electrons. The fourth-order valence-corrected chi connectivity index (χ4v) is 2.15. The first-order valence-electron chi connectivity index (χ1n) is 8.26. The van der Waals surface area contributed by atoms with Crippen molar-refractivity contribution in [1.82, 2.24) is 5.32 Å². The van der Waals surface area contributed by atoms with Crippen molar-refractivity contribution in [1.29, 1.82) is 0 Å². The largest absolute Gasteiger partial charge is 0.464 e. The highest BCUT2D eigenvalue weighted by atomic mass is 16.6. The molecule has 0 fully saturated rings. The number of esters is 1. The lowest BCUT2D eigenvalue weighted by Gasteiger charge is -2.36. The smallest absolute Gasteiger partial charge is 0.409 e. The first kappa shape index (κ1) is 20.9. The summed E-state index contributed by atoms with van der Waals surface area (Å²) in [4.78, 5) is 23.9. The third-order valence-corrected chi connectivity index (χ3v) is 3.69. The van der Waals surface area contributed by atoms with E-state index in [-0.39, 0.29) is 19.8 Å². The first-order chi connectivity index (χ1) is 11.8. The van der Waals surface area contributed by atoms with E-state index < -0.39 is 29.8 Å². The molecule has 1 unspecified atom stereocenters. The molecule has 2 atom stereocenters. The highest BCUT2D eigenvalue weighted by molar-refractivity contribution is 5.75. The molecule has 25 heavy (non-hydrogen) atoms. The van der Waals surface area contributed by atoms with Crippen LogP contribution in [0.3, 0.4) is 0 Å². The van der Waals surface area contributed by atoms with Gasteiger partial charge in [-0.2, -0.15) is 0 Å². The maximum Gasteiger partial charge on any atom is 0.409 e. The molecule has 1 aromatic rings. The Hall–Kier alpha value is -2.12. The molecule has 1 aromatic carbocycles. The maximum absolute atomic E-state index is 12.1. The summed E-state index contributed by atoms with van der Waals surface area (Å²) in [5.74, 6) is -0.767. The summed E-state index contributed by atoms with van der Waals surface area (Å²) in [6.45, 7) is 7.14. The highest BCUT2D eigenvalue weighted by Gasteiger charge is 2.43. The Labute approximate surface area is 148 Å². The van der Waals surface area contributed by atoms with E-state index in [1.54, 1.807) is 27.7 Å². The summed E-state index contributed by atoms with van der Waals surface area (Å²) in [5.41, 5.74) is -0.273. The van der Waals surface area contributed by atoms with Gasteiger partial charge in [0.15, 0.2) is 6.10 Å². The van der Waals surface area contributed by atoms with Crippen molar-refractivity contribution in [2.45, 2.75) is 46.6 Å². The highest BCUT2D eigenvalue weighted by Crippen LogP contribution is 2.27. The van der Waals surface area contributed by atoms with E-state index in [1.165, 1.54) is 0 Å². The summed E-state index contributed by atoms with van der Waals surface area (Å²) >= 11 is 0. The Morgan fingerprint density at radius 2 is 1.76 bits per heavy atom. The predicted molar refractivity (Wildman–Crippen MR) is 91.6 cm³/mol. The summed E-state index contributed by atoms with van der Waals surface area (Å²) in [5, 5.41) is 12.8. The second-order valence-corrected chi connectivity index (χ2v) is 6.02. The standard InChI is InChI=1S/C18H27NO6/c1-5-23-15(21)14(20)18(3,4)16(24-6-2)19-17(22)25-12-13-10-8-7-9-11-13/h7-11,14,16,20H,5-6,12H2,1-4H3,(H,19,22)/t14-,16?/m1/s1. The zero-order valence-corrected chi connectivity index (χ0v) is 15.2. The maximum atomic E-state index is 12.1. The van der Waals surface area contributed by atoms with Gasteiger partial charge in [-0.15, -0.1) is 0 Å². The number of aliphatic hydroxyl groups is 1. The van der Waals surface area contributed by atoms with Crippen LogP contribution in [0.2, 0.25) is 0 Å². The molecular formula is C18H27NO6. The van der Waals surface area contributed by atoms with Crippen molar-refractivity contribution >= 4 is 12.1 Å². The van der Waals surface area contributed by atoms with Gasteiger partial charge in [-0.3, -0.25) is 5.32 Å². The third-order valence-electron chi connectivity index (χ3n) is 3.69. The van der Waals surface area contributed by atoms with Crippen LogP contribution in [0.1, 0.15) is 33.3 Å². The van der Waals surface area contributed by atoms with E-state index in [2.05, 4.69) is 5.32 Å². The van der Waals surface area contributed by atoms with Crippen molar-refractivity contribution in [2.24, 2.45) is 5.41 Å². The van der Waals surface area contributed by atoms with E-state index >= 15 is 0 Å². The molecule has 7 nitrogen and oxygen atoms in total. The first-order valence-corrected chi connectivity index (χ1v) is 8.26. The molecule has 7 heteroatoms. The fraction of sp³-hybridized carbons (Fsp3) is 0.556. The molecule has 0 spiro atoms. The predicted octanol–water partition coefficient (Wildman–Crippen LogP) is 2.23. The molecule has 2 N–H and O–H groups in total. The molecule has 0 aliphatic carbocycles. The molecule has 0 aliphatic rings. The number of rotatable bonds is 9. The van der Waals surface area contributed by atoms with Crippen LogP contribution in [0.15, 0.2) is 30.3 Å². The lowest BCUT2D eigenvalue weighted by Crippen LogP contribution is -2.54. The van der Waals surface area contributed by atoms with E-state index in [1.807, 2.05) is 30.3 Å². The molecule has 1 rings (SSSR count). The quantitative estimate of drug-likeness (QED) is 0.522. The number of benzene rings is 1. The molecule has 0 aliphatic heterocycles. The number of ether oxygens (including phenoxy) is 3. The number of aliphatic hydroxyl groups excluding tert-OH is 1. The van der Waals surface area contributed by atoms with Crippen molar-refractivity contribution in [3.63, 3.8) is 0 Å². The van der Waals surface area contributed by atoms with Crippen LogP contribution in [-0.4, -0.2) is 42.7 Å². The third kappa shape index (κ3) is 6.36. The minimum absolute atomic E-state index is 0.104. The number of amides is 1. The minimum Gasteiger partial charge on any atom is -0.464 e. The second kappa shape index (κ2) is 10.0. The summed E-state index contributed by atoms with van der Waals surface area (Å²) in [6.07, 6.45) is -3.09. The van der Waals surface area contributed by atoms with Gasteiger partial charge in [0.25, 0.3) is 0 Å². The Balaban J connectivity index is 2.70. The van der Waals surface area contributed by atoms with Crippen LogP contribution in [0.4, 0.5) is 4.79 Å². The molecule has 0 bridgehead atoms. The SMILES string of the molecule is CCOC(=O)[C@@H](O)C(C)(C)C(NC(=O)OCc1ccccc1)OCC. The zero-order valence-electron chi connectivity index (χ0n) is 15.2. The molecule has 0 saturated carbocycles. The van der Waals surface area contributed by atoms with E-state index in [0.29, 0.717) is 0 Å². The molecule has 0 saturated heterocycles. The lowest BCUT2D eigenvalue weighted by atomic mass is 9.84. The average Bonchev–Trinajstić information content (AvgIpc) is 2.60. The van der Waals surface area contributed by atoms with Gasteiger partial charge in [0.2, 0.25) is 0 Å². The van der Waals surface area contributed by atoms with Crippen LogP contribution in [-0.2, 0) is 25.6 Å². The van der Waals surface area contributed by atoms with Crippen LogP contribution >= 0.6 is 0 Å². The topological polar surface area (TPSA) is 94.1 Å². The minimum atomic E-state index is -1.46. The van der Waals surface area contributed by atoms with Gasteiger partial charge in [-0.1, -0.05) is 44.2 Å². The van der Waals surface area contributed by atoms with Crippen LogP contribution in [0.25, 0.3) is 0 Å². The van der Waals surface area contributed by atoms with Gasteiger partial charge in [-0.05, 0) is 19.4 Å². The molecular weight excluding hydrogens is 326 g/mol. The van der Waals surface area contributed by atoms with Crippen molar-refractivity contribution in [3.8, 4) is 0 Å². The van der Waals surface area contributed by atoms with Crippen LogP contribution < -0.4 is 5.32 Å². The van der Waals surface area contributed by atoms with E-state index in [9.17, 15) is 14.7 Å².